The summed E-state index contributed by atoms with van der Waals surface area (Å²) in [6.45, 7) is 0. The molecule has 4 nitrogen and oxygen atoms in total. The predicted octanol–water partition coefficient (Wildman–Crippen LogP) is 4.08. The number of hydrogen-bond acceptors (Lipinski definition) is 3. The minimum absolute atomic E-state index is 0.110. The van der Waals surface area contributed by atoms with E-state index in [1.54, 1.807) is 7.05 Å². The summed E-state index contributed by atoms with van der Waals surface area (Å²) in [5.41, 5.74) is 3.08. The van der Waals surface area contributed by atoms with Crippen LogP contribution in [-0.2, 0) is 6.18 Å². The maximum Gasteiger partial charge on any atom is 0.453 e. The van der Waals surface area contributed by atoms with E-state index in [0.717, 1.165) is 18.4 Å². The number of alkyl halides is 3. The molecule has 0 saturated heterocycles. The van der Waals surface area contributed by atoms with Crippen molar-refractivity contribution in [1.29, 1.82) is 0 Å². The normalized spacial score (nSPS) is 18.3. The number of hydrogen-bond donors (Lipinski definition) is 1. The van der Waals surface area contributed by atoms with Gasteiger partial charge in [-0.05, 0) is 54.7 Å². The van der Waals surface area contributed by atoms with E-state index in [0.29, 0.717) is 17.5 Å². The van der Waals surface area contributed by atoms with Crippen molar-refractivity contribution < 1.29 is 13.2 Å². The lowest BCUT2D eigenvalue weighted by Crippen LogP contribution is -2.09. The highest BCUT2D eigenvalue weighted by Gasteiger charge is 2.38. The number of benzene rings is 1. The fourth-order valence-corrected chi connectivity index (χ4v) is 2.92. The summed E-state index contributed by atoms with van der Waals surface area (Å²) in [5.74, 6) is 0.0343. The molecule has 1 heterocycles. The van der Waals surface area contributed by atoms with E-state index in [1.165, 1.54) is 23.1 Å². The monoisotopic (exact) mass is 322 g/mol. The Morgan fingerprint density at radius 2 is 1.83 bits per heavy atom. The van der Waals surface area contributed by atoms with Crippen LogP contribution in [0.25, 0.3) is 5.69 Å². The van der Waals surface area contributed by atoms with Crippen molar-refractivity contribution in [2.45, 2.75) is 43.7 Å². The van der Waals surface area contributed by atoms with Crippen LogP contribution in [0.1, 0.15) is 54.5 Å². The lowest BCUT2D eigenvalue weighted by atomic mass is 10.0. The van der Waals surface area contributed by atoms with Crippen LogP contribution in [0, 0.1) is 0 Å². The molecular weight excluding hydrogens is 305 g/mol. The number of rotatable bonds is 4. The zero-order chi connectivity index (χ0) is 16.2. The van der Waals surface area contributed by atoms with Crippen LogP contribution >= 0.6 is 0 Å². The topological polar surface area (TPSA) is 42.7 Å². The number of anilines is 1. The van der Waals surface area contributed by atoms with E-state index in [1.807, 2.05) is 12.1 Å². The minimum Gasteiger partial charge on any atom is -0.357 e. The SMILES string of the molecule is CNc1nc(C(F)(F)F)nn1-c1ccc(C2CC2)cc1C1CC1. The number of nitrogens with one attached hydrogen (secondary N) is 1. The third-order valence-corrected chi connectivity index (χ3v) is 4.43. The van der Waals surface area contributed by atoms with E-state index < -0.39 is 12.0 Å². The maximum atomic E-state index is 12.9. The molecule has 0 unspecified atom stereocenters. The van der Waals surface area contributed by atoms with E-state index in [-0.39, 0.29) is 5.95 Å². The zero-order valence-electron chi connectivity index (χ0n) is 12.7. The van der Waals surface area contributed by atoms with Crippen LogP contribution in [0.3, 0.4) is 0 Å². The molecule has 0 spiro atoms. The molecule has 7 heteroatoms. The van der Waals surface area contributed by atoms with Gasteiger partial charge in [-0.3, -0.25) is 0 Å². The average Bonchev–Trinajstić information content (AvgIpc) is 3.41. The second-order valence-electron chi connectivity index (χ2n) is 6.29. The van der Waals surface area contributed by atoms with E-state index in [9.17, 15) is 13.2 Å². The molecule has 23 heavy (non-hydrogen) atoms. The first-order valence-corrected chi connectivity index (χ1v) is 7.83. The van der Waals surface area contributed by atoms with E-state index in [2.05, 4.69) is 21.5 Å². The van der Waals surface area contributed by atoms with Crippen LogP contribution in [-0.4, -0.2) is 21.8 Å². The van der Waals surface area contributed by atoms with Crippen LogP contribution < -0.4 is 5.32 Å². The fraction of sp³-hybridized carbons (Fsp3) is 0.500. The Bertz CT molecular complexity index is 742. The molecule has 2 aromatic rings. The Kier molecular flexibility index (Phi) is 3.14. The molecule has 2 fully saturated rings. The first-order valence-electron chi connectivity index (χ1n) is 7.83. The van der Waals surface area contributed by atoms with E-state index in [4.69, 9.17) is 0 Å². The summed E-state index contributed by atoms with van der Waals surface area (Å²) in [4.78, 5) is 3.58. The molecule has 1 N–H and O–H groups in total. The van der Waals surface area contributed by atoms with Crippen LogP contribution in [0.4, 0.5) is 19.1 Å². The molecule has 0 atom stereocenters. The number of halogens is 3. The second kappa shape index (κ2) is 4.97. The molecule has 2 aliphatic rings. The Morgan fingerprint density at radius 3 is 2.39 bits per heavy atom. The van der Waals surface area contributed by atoms with Crippen LogP contribution in [0.5, 0.6) is 0 Å². The molecule has 0 aliphatic heterocycles. The Labute approximate surface area is 131 Å². The lowest BCUT2D eigenvalue weighted by molar-refractivity contribution is -0.144. The maximum absolute atomic E-state index is 12.9. The fourth-order valence-electron chi connectivity index (χ4n) is 2.92. The quantitative estimate of drug-likeness (QED) is 0.922. The van der Waals surface area contributed by atoms with E-state index >= 15 is 0 Å². The van der Waals surface area contributed by atoms with Gasteiger partial charge >= 0.3 is 6.18 Å². The highest BCUT2D eigenvalue weighted by atomic mass is 19.4. The van der Waals surface area contributed by atoms with Gasteiger partial charge < -0.3 is 5.32 Å². The van der Waals surface area contributed by atoms with Gasteiger partial charge in [0.1, 0.15) is 0 Å². The summed E-state index contributed by atoms with van der Waals surface area (Å²) in [7, 11) is 1.55. The van der Waals surface area contributed by atoms with Crippen molar-refractivity contribution >= 4 is 5.95 Å². The smallest absolute Gasteiger partial charge is 0.357 e. The molecule has 122 valence electrons. The van der Waals surface area contributed by atoms with Gasteiger partial charge in [-0.25, -0.2) is 0 Å². The van der Waals surface area contributed by atoms with Gasteiger partial charge in [-0.15, -0.1) is 5.10 Å². The van der Waals surface area contributed by atoms with Gasteiger partial charge in [-0.2, -0.15) is 22.8 Å². The van der Waals surface area contributed by atoms with Crippen LogP contribution in [0.15, 0.2) is 18.2 Å². The van der Waals surface area contributed by atoms with Gasteiger partial charge in [0.05, 0.1) is 5.69 Å². The van der Waals surface area contributed by atoms with Gasteiger partial charge in [0.15, 0.2) is 0 Å². The highest BCUT2D eigenvalue weighted by Crippen LogP contribution is 2.47. The summed E-state index contributed by atoms with van der Waals surface area (Å²) in [5, 5.41) is 6.41. The second-order valence-corrected chi connectivity index (χ2v) is 6.29. The van der Waals surface area contributed by atoms with Crippen molar-refractivity contribution in [3.63, 3.8) is 0 Å². The van der Waals surface area contributed by atoms with Crippen molar-refractivity contribution in [2.24, 2.45) is 0 Å². The molecule has 0 amide bonds. The molecule has 1 aromatic heterocycles. The van der Waals surface area contributed by atoms with Gasteiger partial charge in [0.25, 0.3) is 5.82 Å². The minimum atomic E-state index is -4.55. The summed E-state index contributed by atoms with van der Waals surface area (Å²) >= 11 is 0. The van der Waals surface area contributed by atoms with Gasteiger partial charge in [-0.1, -0.05) is 12.1 Å². The summed E-state index contributed by atoms with van der Waals surface area (Å²) in [6, 6.07) is 6.04. The first-order chi connectivity index (χ1) is 11.0. The molecule has 2 aliphatic carbocycles. The Hall–Kier alpha value is -2.05. The van der Waals surface area contributed by atoms with Gasteiger partial charge in [0, 0.05) is 7.05 Å². The zero-order valence-corrected chi connectivity index (χ0v) is 12.7. The summed E-state index contributed by atoms with van der Waals surface area (Å²) in [6.07, 6.45) is 0.0117. The largest absolute Gasteiger partial charge is 0.453 e. The Morgan fingerprint density at radius 1 is 1.13 bits per heavy atom. The first kappa shape index (κ1) is 14.5. The molecule has 2 saturated carbocycles. The third kappa shape index (κ3) is 2.68. The Balaban J connectivity index is 1.82. The van der Waals surface area contributed by atoms with Crippen molar-refractivity contribution in [2.75, 3.05) is 12.4 Å². The molecule has 4 rings (SSSR count). The molecule has 1 aromatic carbocycles. The standard InChI is InChI=1S/C16H17F3N4/c1-20-15-21-14(16(17,18)19)22-23(15)13-7-6-11(9-2-3-9)8-12(13)10-4-5-10/h6-10H,2-5H2,1H3,(H,20,21,22). The molecule has 0 radical (unpaired) electrons. The number of aromatic nitrogens is 3. The number of nitrogens with zero attached hydrogens (tertiary/aromatic N) is 3. The van der Waals surface area contributed by atoms with Crippen molar-refractivity contribution in [3.8, 4) is 5.69 Å². The highest BCUT2D eigenvalue weighted by molar-refractivity contribution is 5.51. The predicted molar refractivity (Wildman–Crippen MR) is 79.9 cm³/mol. The molecule has 0 bridgehead atoms. The van der Waals surface area contributed by atoms with Crippen molar-refractivity contribution in [3.05, 3.63) is 35.2 Å². The molecular formula is C16H17F3N4. The lowest BCUT2D eigenvalue weighted by Gasteiger charge is -2.12. The summed E-state index contributed by atoms with van der Waals surface area (Å²) < 4.78 is 40.0. The van der Waals surface area contributed by atoms with Crippen LogP contribution in [0.2, 0.25) is 0 Å². The van der Waals surface area contributed by atoms with Gasteiger partial charge in [0.2, 0.25) is 5.95 Å². The third-order valence-electron chi connectivity index (χ3n) is 4.43. The average molecular weight is 322 g/mol. The van der Waals surface area contributed by atoms with Crippen molar-refractivity contribution in [1.82, 2.24) is 14.8 Å².